The number of hydrogen-bond acceptors (Lipinski definition) is 7. The van der Waals surface area contributed by atoms with E-state index in [0.29, 0.717) is 18.4 Å². The highest BCUT2D eigenvalue weighted by molar-refractivity contribution is 8.01. The van der Waals surface area contributed by atoms with E-state index in [1.807, 2.05) is 12.1 Å². The van der Waals surface area contributed by atoms with Gasteiger partial charge in [0, 0.05) is 10.5 Å². The fraction of sp³-hybridized carbons (Fsp3) is 0.474. The Bertz CT molecular complexity index is 814. The molecular weight excluding hydrogens is 400 g/mol. The molecule has 28 heavy (non-hydrogen) atoms. The van der Waals surface area contributed by atoms with Gasteiger partial charge in [0.2, 0.25) is 11.8 Å². The number of alkyl carbamates (subject to hydrolysis) is 1. The van der Waals surface area contributed by atoms with E-state index < -0.39 is 17.9 Å². The molecule has 2 aliphatic heterocycles. The van der Waals surface area contributed by atoms with Crippen LogP contribution in [0.5, 0.6) is 0 Å². The summed E-state index contributed by atoms with van der Waals surface area (Å²) in [4.78, 5) is 49.1. The molecule has 2 aliphatic rings. The summed E-state index contributed by atoms with van der Waals surface area (Å²) in [6.07, 6.45) is 0.364. The maximum absolute atomic E-state index is 12.7. The third-order valence-corrected chi connectivity index (χ3v) is 7.24. The summed E-state index contributed by atoms with van der Waals surface area (Å²) in [5.74, 6) is -0.317. The number of hydrogen-bond donors (Lipinski definition) is 2. The van der Waals surface area contributed by atoms with Crippen molar-refractivity contribution >= 4 is 47.2 Å². The van der Waals surface area contributed by atoms with E-state index in [9.17, 15) is 19.2 Å². The van der Waals surface area contributed by atoms with Gasteiger partial charge in [0.1, 0.15) is 0 Å². The van der Waals surface area contributed by atoms with Crippen LogP contribution in [0.1, 0.15) is 36.2 Å². The summed E-state index contributed by atoms with van der Waals surface area (Å²) in [6.45, 7) is 3.37. The first-order chi connectivity index (χ1) is 13.4. The van der Waals surface area contributed by atoms with Gasteiger partial charge in [0.25, 0.3) is 0 Å². The van der Waals surface area contributed by atoms with Gasteiger partial charge in [0.05, 0.1) is 23.1 Å². The number of imide groups is 1. The van der Waals surface area contributed by atoms with Crippen LogP contribution in [0.4, 0.5) is 4.79 Å². The molecule has 2 heterocycles. The molecule has 3 rings (SSSR count). The highest BCUT2D eigenvalue weighted by Gasteiger charge is 2.38. The minimum atomic E-state index is -0.766. The Hall–Kier alpha value is -2.00. The summed E-state index contributed by atoms with van der Waals surface area (Å²) in [7, 11) is 0. The number of carbonyl (C=O) groups excluding carboxylic acids is 4. The van der Waals surface area contributed by atoms with Crippen molar-refractivity contribution in [2.75, 3.05) is 12.4 Å². The zero-order valence-electron chi connectivity index (χ0n) is 15.7. The molecule has 0 saturated carbocycles. The number of ketones is 1. The maximum Gasteiger partial charge on any atom is 0.413 e. The Balaban J connectivity index is 1.59. The molecule has 1 aromatic carbocycles. The molecule has 1 saturated heterocycles. The second-order valence-electron chi connectivity index (χ2n) is 6.59. The van der Waals surface area contributed by atoms with E-state index in [4.69, 9.17) is 4.74 Å². The molecule has 3 atom stereocenters. The molecule has 3 unspecified atom stereocenters. The Morgan fingerprint density at radius 1 is 1.21 bits per heavy atom. The lowest BCUT2D eigenvalue weighted by atomic mass is 10.0. The average molecular weight is 423 g/mol. The van der Waals surface area contributed by atoms with Crippen LogP contribution in [0.3, 0.4) is 0 Å². The van der Waals surface area contributed by atoms with Gasteiger partial charge in [-0.25, -0.2) is 4.79 Å². The van der Waals surface area contributed by atoms with Gasteiger partial charge < -0.3 is 10.1 Å². The van der Waals surface area contributed by atoms with E-state index in [1.165, 1.54) is 30.4 Å². The number of ether oxygens (including phenoxy) is 1. The molecule has 0 aromatic heterocycles. The average Bonchev–Trinajstić information content (AvgIpc) is 3.27. The van der Waals surface area contributed by atoms with Crippen molar-refractivity contribution in [1.29, 1.82) is 0 Å². The molecule has 150 valence electrons. The lowest BCUT2D eigenvalue weighted by molar-refractivity contribution is -0.125. The standard InChI is InChI=1S/C19H22N2O5S2/c1-3-26-19(25)21-16(23)13-6-7-27-18(13)20-17(24)15-9-12-8-11(10(2)22)4-5-14(12)28-15/h4-5,8,13,15,18H,3,6-7,9H2,1-2H3,(H,20,24)(H,21,23,25). The molecule has 2 N–H and O–H groups in total. The zero-order chi connectivity index (χ0) is 20.3. The van der Waals surface area contributed by atoms with Crippen LogP contribution in [0.15, 0.2) is 23.1 Å². The predicted molar refractivity (Wildman–Crippen MR) is 107 cm³/mol. The summed E-state index contributed by atoms with van der Waals surface area (Å²) < 4.78 is 4.74. The van der Waals surface area contributed by atoms with Gasteiger partial charge in [-0.15, -0.1) is 23.5 Å². The molecule has 7 nitrogen and oxygen atoms in total. The predicted octanol–water partition coefficient (Wildman–Crippen LogP) is 2.37. The Labute approximate surface area is 171 Å². The SMILES string of the molecule is CCOC(=O)NC(=O)C1CCSC1NC(=O)C1Cc2cc(C(C)=O)ccc2S1. The second-order valence-corrected chi connectivity index (χ2v) is 9.09. The quantitative estimate of drug-likeness (QED) is 0.703. The zero-order valence-corrected chi connectivity index (χ0v) is 17.3. The summed E-state index contributed by atoms with van der Waals surface area (Å²) in [5.41, 5.74) is 1.64. The van der Waals surface area contributed by atoms with Crippen molar-refractivity contribution in [2.45, 2.75) is 42.2 Å². The number of amides is 3. The molecule has 0 bridgehead atoms. The van der Waals surface area contributed by atoms with E-state index >= 15 is 0 Å². The molecule has 0 radical (unpaired) electrons. The first-order valence-corrected chi connectivity index (χ1v) is 11.0. The van der Waals surface area contributed by atoms with Crippen LogP contribution in [0.25, 0.3) is 0 Å². The van der Waals surface area contributed by atoms with Gasteiger partial charge >= 0.3 is 6.09 Å². The lowest BCUT2D eigenvalue weighted by Crippen LogP contribution is -2.46. The molecule has 0 aliphatic carbocycles. The number of benzene rings is 1. The molecule has 1 aromatic rings. The summed E-state index contributed by atoms with van der Waals surface area (Å²) >= 11 is 2.97. The number of Topliss-reactive ketones (excluding diaryl/α,β-unsaturated/α-hetero) is 1. The van der Waals surface area contributed by atoms with Crippen molar-refractivity contribution in [3.05, 3.63) is 29.3 Å². The van der Waals surface area contributed by atoms with E-state index in [1.54, 1.807) is 13.0 Å². The van der Waals surface area contributed by atoms with Crippen LogP contribution in [0, 0.1) is 5.92 Å². The fourth-order valence-corrected chi connectivity index (χ4v) is 5.73. The highest BCUT2D eigenvalue weighted by atomic mass is 32.2. The largest absolute Gasteiger partial charge is 0.450 e. The number of rotatable bonds is 5. The van der Waals surface area contributed by atoms with Crippen LogP contribution < -0.4 is 10.6 Å². The lowest BCUT2D eigenvalue weighted by Gasteiger charge is -2.20. The fourth-order valence-electron chi connectivity index (χ4n) is 3.21. The van der Waals surface area contributed by atoms with Crippen LogP contribution in [-0.2, 0) is 20.7 Å². The molecule has 3 amide bonds. The normalized spacial score (nSPS) is 23.0. The number of carbonyl (C=O) groups is 4. The van der Waals surface area contributed by atoms with Gasteiger partial charge in [-0.3, -0.25) is 19.7 Å². The number of thioether (sulfide) groups is 2. The Morgan fingerprint density at radius 2 is 2.00 bits per heavy atom. The van der Waals surface area contributed by atoms with Crippen molar-refractivity contribution in [3.63, 3.8) is 0 Å². The first-order valence-electron chi connectivity index (χ1n) is 9.09. The van der Waals surface area contributed by atoms with Crippen LogP contribution >= 0.6 is 23.5 Å². The number of fused-ring (bicyclic) bond motifs is 1. The molecular formula is C19H22N2O5S2. The van der Waals surface area contributed by atoms with Crippen molar-refractivity contribution in [3.8, 4) is 0 Å². The second kappa shape index (κ2) is 9.00. The van der Waals surface area contributed by atoms with E-state index in [0.717, 1.165) is 16.2 Å². The number of nitrogens with one attached hydrogen (secondary N) is 2. The molecule has 1 fully saturated rings. The minimum Gasteiger partial charge on any atom is -0.450 e. The summed E-state index contributed by atoms with van der Waals surface area (Å²) in [5, 5.41) is 4.50. The molecule has 9 heteroatoms. The third-order valence-electron chi connectivity index (χ3n) is 4.65. The van der Waals surface area contributed by atoms with Gasteiger partial charge in [-0.1, -0.05) is 6.07 Å². The van der Waals surface area contributed by atoms with Crippen molar-refractivity contribution in [1.82, 2.24) is 10.6 Å². The van der Waals surface area contributed by atoms with Crippen molar-refractivity contribution in [2.24, 2.45) is 5.92 Å². The topological polar surface area (TPSA) is 102 Å². The first kappa shape index (κ1) is 20.7. The monoisotopic (exact) mass is 422 g/mol. The minimum absolute atomic E-state index is 0.00138. The molecule has 0 spiro atoms. The van der Waals surface area contributed by atoms with Crippen LogP contribution in [-0.4, -0.2) is 46.7 Å². The van der Waals surface area contributed by atoms with E-state index in [-0.39, 0.29) is 28.9 Å². The van der Waals surface area contributed by atoms with Crippen LogP contribution in [0.2, 0.25) is 0 Å². The third kappa shape index (κ3) is 4.70. The van der Waals surface area contributed by atoms with Gasteiger partial charge in [-0.05, 0) is 50.1 Å². The van der Waals surface area contributed by atoms with Crippen molar-refractivity contribution < 1.29 is 23.9 Å². The van der Waals surface area contributed by atoms with Gasteiger partial charge in [-0.2, -0.15) is 0 Å². The Morgan fingerprint density at radius 3 is 2.71 bits per heavy atom. The van der Waals surface area contributed by atoms with E-state index in [2.05, 4.69) is 10.6 Å². The van der Waals surface area contributed by atoms with Gasteiger partial charge in [0.15, 0.2) is 5.78 Å². The maximum atomic E-state index is 12.7. The Kier molecular flexibility index (Phi) is 6.66. The smallest absolute Gasteiger partial charge is 0.413 e. The summed E-state index contributed by atoms with van der Waals surface area (Å²) in [6, 6.07) is 5.50. The highest BCUT2D eigenvalue weighted by Crippen LogP contribution is 2.38.